The molecular formula is C10H12ClN3O. The lowest BCUT2D eigenvalue weighted by atomic mass is 10.1. The van der Waals surface area contributed by atoms with Gasteiger partial charge < -0.3 is 5.73 Å². The molecule has 0 unspecified atom stereocenters. The molecule has 80 valence electrons. The summed E-state index contributed by atoms with van der Waals surface area (Å²) in [4.78, 5) is 10.4. The van der Waals surface area contributed by atoms with Gasteiger partial charge in [-0.1, -0.05) is 11.6 Å². The van der Waals surface area contributed by atoms with Gasteiger partial charge in [0, 0.05) is 5.02 Å². The number of amides is 2. The number of carbonyl (C=O) groups excluding carboxylic acids is 1. The molecule has 5 heteroatoms. The lowest BCUT2D eigenvalue weighted by Crippen LogP contribution is -2.24. The highest BCUT2D eigenvalue weighted by Crippen LogP contribution is 2.20. The summed E-state index contributed by atoms with van der Waals surface area (Å²) in [6.45, 7) is 3.82. The van der Waals surface area contributed by atoms with Crippen molar-refractivity contribution in [3.05, 3.63) is 33.8 Å². The number of nitrogens with one attached hydrogen (secondary N) is 1. The number of carbonyl (C=O) groups is 1. The van der Waals surface area contributed by atoms with Crippen LogP contribution in [0.25, 0.3) is 0 Å². The fraction of sp³-hybridized carbons (Fsp3) is 0.200. The number of halogens is 1. The van der Waals surface area contributed by atoms with Crippen LogP contribution < -0.4 is 11.2 Å². The molecule has 1 rings (SSSR count). The first kappa shape index (κ1) is 11.5. The van der Waals surface area contributed by atoms with Gasteiger partial charge in [-0.25, -0.2) is 10.2 Å². The number of nitrogens with two attached hydrogens (primary N) is 1. The Morgan fingerprint density at radius 2 is 2.00 bits per heavy atom. The fourth-order valence-electron chi connectivity index (χ4n) is 1.22. The number of rotatable bonds is 2. The molecule has 15 heavy (non-hydrogen) atoms. The lowest BCUT2D eigenvalue weighted by molar-refractivity contribution is 0.249. The zero-order chi connectivity index (χ0) is 11.4. The van der Waals surface area contributed by atoms with Crippen molar-refractivity contribution < 1.29 is 4.79 Å². The summed E-state index contributed by atoms with van der Waals surface area (Å²) in [6.07, 6.45) is 1.51. The SMILES string of the molecule is Cc1cc(C=NNC(N)=O)cc(C)c1Cl. The molecule has 0 aliphatic carbocycles. The zero-order valence-electron chi connectivity index (χ0n) is 8.54. The normalized spacial score (nSPS) is 10.6. The molecule has 3 N–H and O–H groups in total. The van der Waals surface area contributed by atoms with E-state index in [4.69, 9.17) is 17.3 Å². The minimum atomic E-state index is -0.686. The summed E-state index contributed by atoms with van der Waals surface area (Å²) >= 11 is 6.00. The maximum Gasteiger partial charge on any atom is 0.332 e. The second-order valence-electron chi connectivity index (χ2n) is 3.20. The summed E-state index contributed by atoms with van der Waals surface area (Å²) in [5, 5.41) is 4.41. The van der Waals surface area contributed by atoms with Crippen molar-refractivity contribution in [2.24, 2.45) is 10.8 Å². The van der Waals surface area contributed by atoms with Gasteiger partial charge in [-0.3, -0.25) is 0 Å². The number of benzene rings is 1. The Morgan fingerprint density at radius 1 is 1.47 bits per heavy atom. The maximum absolute atomic E-state index is 10.4. The standard InChI is InChI=1S/C10H12ClN3O/c1-6-3-8(4-7(2)9(6)11)5-13-14-10(12)15/h3-5H,1-2H3,(H3,12,14,15). The van der Waals surface area contributed by atoms with Crippen LogP contribution in [-0.2, 0) is 0 Å². The highest BCUT2D eigenvalue weighted by atomic mass is 35.5. The van der Waals surface area contributed by atoms with E-state index in [1.807, 2.05) is 26.0 Å². The maximum atomic E-state index is 10.4. The summed E-state index contributed by atoms with van der Waals surface area (Å²) in [5.41, 5.74) is 9.78. The van der Waals surface area contributed by atoms with Gasteiger partial charge in [-0.05, 0) is 42.7 Å². The van der Waals surface area contributed by atoms with E-state index in [0.717, 1.165) is 21.7 Å². The number of hydrazone groups is 1. The van der Waals surface area contributed by atoms with Gasteiger partial charge in [0.1, 0.15) is 0 Å². The van der Waals surface area contributed by atoms with Crippen molar-refractivity contribution in [3.8, 4) is 0 Å². The van der Waals surface area contributed by atoms with E-state index in [0.29, 0.717) is 0 Å². The number of nitrogens with zero attached hydrogens (tertiary/aromatic N) is 1. The molecule has 1 aromatic carbocycles. The van der Waals surface area contributed by atoms with Crippen LogP contribution in [0.1, 0.15) is 16.7 Å². The minimum absolute atomic E-state index is 0.686. The van der Waals surface area contributed by atoms with Crippen molar-refractivity contribution in [1.82, 2.24) is 5.43 Å². The van der Waals surface area contributed by atoms with Crippen LogP contribution in [0, 0.1) is 13.8 Å². The molecule has 0 fully saturated rings. The van der Waals surface area contributed by atoms with E-state index in [-0.39, 0.29) is 0 Å². The zero-order valence-corrected chi connectivity index (χ0v) is 9.30. The van der Waals surface area contributed by atoms with Crippen LogP contribution in [0.4, 0.5) is 4.79 Å². The molecule has 0 radical (unpaired) electrons. The minimum Gasteiger partial charge on any atom is -0.350 e. The Hall–Kier alpha value is -1.55. The highest BCUT2D eigenvalue weighted by molar-refractivity contribution is 6.32. The quantitative estimate of drug-likeness (QED) is 0.586. The summed E-state index contributed by atoms with van der Waals surface area (Å²) < 4.78 is 0. The van der Waals surface area contributed by atoms with Crippen molar-refractivity contribution in [3.63, 3.8) is 0 Å². The summed E-state index contributed by atoms with van der Waals surface area (Å²) in [7, 11) is 0. The van der Waals surface area contributed by atoms with Crippen molar-refractivity contribution in [2.75, 3.05) is 0 Å². The van der Waals surface area contributed by atoms with Gasteiger partial charge in [0.15, 0.2) is 0 Å². The fourth-order valence-corrected chi connectivity index (χ4v) is 1.33. The number of hydrogen-bond acceptors (Lipinski definition) is 2. The van der Waals surface area contributed by atoms with Crippen LogP contribution in [0.5, 0.6) is 0 Å². The van der Waals surface area contributed by atoms with E-state index in [1.54, 1.807) is 0 Å². The van der Waals surface area contributed by atoms with Crippen LogP contribution in [0.3, 0.4) is 0 Å². The molecule has 0 spiro atoms. The first-order valence-electron chi connectivity index (χ1n) is 4.36. The van der Waals surface area contributed by atoms with Gasteiger partial charge in [-0.2, -0.15) is 5.10 Å². The monoisotopic (exact) mass is 225 g/mol. The predicted molar refractivity (Wildman–Crippen MR) is 61.2 cm³/mol. The predicted octanol–water partition coefficient (Wildman–Crippen LogP) is 1.96. The molecule has 0 aromatic heterocycles. The Bertz CT molecular complexity index is 392. The third kappa shape index (κ3) is 3.25. The van der Waals surface area contributed by atoms with Crippen LogP contribution in [0.15, 0.2) is 17.2 Å². The van der Waals surface area contributed by atoms with E-state index in [2.05, 4.69) is 10.5 Å². The van der Waals surface area contributed by atoms with Gasteiger partial charge in [0.05, 0.1) is 6.21 Å². The van der Waals surface area contributed by atoms with Crippen molar-refractivity contribution in [1.29, 1.82) is 0 Å². The smallest absolute Gasteiger partial charge is 0.332 e. The molecule has 0 bridgehead atoms. The molecule has 0 saturated carbocycles. The lowest BCUT2D eigenvalue weighted by Gasteiger charge is -2.03. The van der Waals surface area contributed by atoms with Gasteiger partial charge in [-0.15, -0.1) is 0 Å². The van der Waals surface area contributed by atoms with E-state index in [1.165, 1.54) is 6.21 Å². The van der Waals surface area contributed by atoms with Crippen molar-refractivity contribution in [2.45, 2.75) is 13.8 Å². The van der Waals surface area contributed by atoms with Gasteiger partial charge >= 0.3 is 6.03 Å². The van der Waals surface area contributed by atoms with E-state index >= 15 is 0 Å². The third-order valence-corrected chi connectivity index (χ3v) is 2.44. The Morgan fingerprint density at radius 3 is 2.47 bits per heavy atom. The van der Waals surface area contributed by atoms with Crippen LogP contribution in [0.2, 0.25) is 5.02 Å². The largest absolute Gasteiger partial charge is 0.350 e. The molecule has 0 aliphatic rings. The first-order valence-corrected chi connectivity index (χ1v) is 4.73. The van der Waals surface area contributed by atoms with Crippen molar-refractivity contribution >= 4 is 23.8 Å². The topological polar surface area (TPSA) is 67.5 Å². The third-order valence-electron chi connectivity index (χ3n) is 1.85. The summed E-state index contributed by atoms with van der Waals surface area (Å²) in [5.74, 6) is 0. The highest BCUT2D eigenvalue weighted by Gasteiger charge is 2.00. The molecule has 2 amide bonds. The Balaban J connectivity index is 2.87. The first-order chi connectivity index (χ1) is 7.00. The molecule has 4 nitrogen and oxygen atoms in total. The van der Waals surface area contributed by atoms with E-state index < -0.39 is 6.03 Å². The van der Waals surface area contributed by atoms with E-state index in [9.17, 15) is 4.79 Å². The van der Waals surface area contributed by atoms with Crippen LogP contribution in [-0.4, -0.2) is 12.2 Å². The molecular weight excluding hydrogens is 214 g/mol. The molecule has 0 saturated heterocycles. The second kappa shape index (κ2) is 4.79. The number of aryl methyl sites for hydroxylation is 2. The Labute approximate surface area is 93.1 Å². The average Bonchev–Trinajstić information content (AvgIpc) is 2.13. The average molecular weight is 226 g/mol. The number of primary amides is 1. The molecule has 0 aliphatic heterocycles. The number of hydrogen-bond donors (Lipinski definition) is 2. The molecule has 1 aromatic rings. The molecule has 0 atom stereocenters. The van der Waals surface area contributed by atoms with Crippen LogP contribution >= 0.6 is 11.6 Å². The molecule has 0 heterocycles. The Kier molecular flexibility index (Phi) is 3.68. The summed E-state index contributed by atoms with van der Waals surface area (Å²) in [6, 6.07) is 3.07. The van der Waals surface area contributed by atoms with Gasteiger partial charge in [0.2, 0.25) is 0 Å². The second-order valence-corrected chi connectivity index (χ2v) is 3.58. The number of urea groups is 1. The van der Waals surface area contributed by atoms with Gasteiger partial charge in [0.25, 0.3) is 0 Å².